The van der Waals surface area contributed by atoms with E-state index in [0.717, 1.165) is 18.6 Å². The molecule has 1 aliphatic carbocycles. The second-order valence-corrected chi connectivity index (χ2v) is 4.92. The second-order valence-electron chi connectivity index (χ2n) is 4.92. The maximum absolute atomic E-state index is 6.09. The van der Waals surface area contributed by atoms with E-state index in [2.05, 4.69) is 54.6 Å². The smallest absolute Gasteiger partial charge is 0.138 e. The van der Waals surface area contributed by atoms with Crippen LogP contribution in [0.15, 0.2) is 60.2 Å². The molecule has 1 heteroatoms. The molecule has 1 nitrogen and oxygen atoms in total. The van der Waals surface area contributed by atoms with Gasteiger partial charge in [-0.1, -0.05) is 42.5 Å². The van der Waals surface area contributed by atoms with Crippen LogP contribution < -0.4 is 4.74 Å². The fourth-order valence-electron chi connectivity index (χ4n) is 2.90. The van der Waals surface area contributed by atoms with Crippen molar-refractivity contribution in [1.82, 2.24) is 0 Å². The number of hydrogen-bond acceptors (Lipinski definition) is 1. The Morgan fingerprint density at radius 2 is 2.00 bits per heavy atom. The lowest BCUT2D eigenvalue weighted by Crippen LogP contribution is -2.25. The van der Waals surface area contributed by atoms with Crippen LogP contribution in [0.2, 0.25) is 0 Å². The topological polar surface area (TPSA) is 9.23 Å². The van der Waals surface area contributed by atoms with Crippen LogP contribution in [-0.2, 0) is 6.42 Å². The molecule has 0 radical (unpaired) electrons. The van der Waals surface area contributed by atoms with Gasteiger partial charge in [0.15, 0.2) is 0 Å². The molecule has 0 fully saturated rings. The van der Waals surface area contributed by atoms with Crippen molar-refractivity contribution in [2.45, 2.75) is 18.9 Å². The molecule has 0 amide bonds. The summed E-state index contributed by atoms with van der Waals surface area (Å²) in [7, 11) is 0. The molecule has 0 saturated carbocycles. The van der Waals surface area contributed by atoms with Crippen LogP contribution >= 0.6 is 0 Å². The summed E-state index contributed by atoms with van der Waals surface area (Å²) < 4.78 is 6.09. The molecule has 2 aromatic carbocycles. The van der Waals surface area contributed by atoms with Gasteiger partial charge in [0, 0.05) is 12.0 Å². The highest BCUT2D eigenvalue weighted by atomic mass is 16.5. The predicted octanol–water partition coefficient (Wildman–Crippen LogP) is 4.03. The van der Waals surface area contributed by atoms with Gasteiger partial charge < -0.3 is 4.74 Å². The van der Waals surface area contributed by atoms with E-state index in [4.69, 9.17) is 4.74 Å². The molecule has 2 aliphatic rings. The zero-order valence-corrected chi connectivity index (χ0v) is 10.1. The van der Waals surface area contributed by atoms with Crippen LogP contribution in [0, 0.1) is 0 Å². The SMILES string of the molecule is C1=CC2Oc3ccc4ccccc4c3CC2=CC1. The van der Waals surface area contributed by atoms with E-state index >= 15 is 0 Å². The molecule has 0 aromatic heterocycles. The molecular weight excluding hydrogens is 220 g/mol. The molecule has 1 atom stereocenters. The Bertz CT molecular complexity index is 679. The first kappa shape index (κ1) is 9.95. The quantitative estimate of drug-likeness (QED) is 0.625. The molecule has 0 N–H and O–H groups in total. The first-order chi connectivity index (χ1) is 8.92. The van der Waals surface area contributed by atoms with Crippen molar-refractivity contribution in [3.8, 4) is 5.75 Å². The highest BCUT2D eigenvalue weighted by Crippen LogP contribution is 2.37. The van der Waals surface area contributed by atoms with Crippen LogP contribution in [0.3, 0.4) is 0 Å². The molecule has 18 heavy (non-hydrogen) atoms. The van der Waals surface area contributed by atoms with Crippen molar-refractivity contribution in [2.24, 2.45) is 0 Å². The molecule has 1 aliphatic heterocycles. The van der Waals surface area contributed by atoms with Crippen molar-refractivity contribution < 1.29 is 4.74 Å². The maximum atomic E-state index is 6.09. The first-order valence-electron chi connectivity index (χ1n) is 6.45. The van der Waals surface area contributed by atoms with Crippen LogP contribution in [0.25, 0.3) is 10.8 Å². The minimum Gasteiger partial charge on any atom is -0.482 e. The van der Waals surface area contributed by atoms with Crippen LogP contribution in [0.5, 0.6) is 5.75 Å². The second kappa shape index (κ2) is 3.74. The fraction of sp³-hybridized carbons (Fsp3) is 0.176. The average molecular weight is 234 g/mol. The number of allylic oxidation sites excluding steroid dienone is 2. The first-order valence-corrected chi connectivity index (χ1v) is 6.45. The van der Waals surface area contributed by atoms with Gasteiger partial charge in [-0.15, -0.1) is 0 Å². The van der Waals surface area contributed by atoms with Gasteiger partial charge in [-0.05, 0) is 34.9 Å². The van der Waals surface area contributed by atoms with E-state index in [-0.39, 0.29) is 6.10 Å². The molecule has 1 heterocycles. The molecule has 0 bridgehead atoms. The third-order valence-corrected chi connectivity index (χ3v) is 3.82. The van der Waals surface area contributed by atoms with Crippen molar-refractivity contribution >= 4 is 10.8 Å². The molecule has 0 spiro atoms. The summed E-state index contributed by atoms with van der Waals surface area (Å²) in [6, 6.07) is 12.8. The van der Waals surface area contributed by atoms with Gasteiger partial charge in [0.25, 0.3) is 0 Å². The lowest BCUT2D eigenvalue weighted by molar-refractivity contribution is 0.264. The van der Waals surface area contributed by atoms with Gasteiger partial charge >= 0.3 is 0 Å². The Labute approximate surface area is 106 Å². The van der Waals surface area contributed by atoms with Gasteiger partial charge in [-0.25, -0.2) is 0 Å². The number of rotatable bonds is 0. The average Bonchev–Trinajstić information content (AvgIpc) is 2.45. The number of benzene rings is 2. The van der Waals surface area contributed by atoms with E-state index in [1.807, 2.05) is 0 Å². The summed E-state index contributed by atoms with van der Waals surface area (Å²) in [6.45, 7) is 0. The molecular formula is C17H14O. The zero-order valence-electron chi connectivity index (χ0n) is 10.1. The van der Waals surface area contributed by atoms with E-state index in [0.29, 0.717) is 0 Å². The van der Waals surface area contributed by atoms with Gasteiger partial charge in [0.1, 0.15) is 11.9 Å². The Morgan fingerprint density at radius 3 is 3.00 bits per heavy atom. The lowest BCUT2D eigenvalue weighted by atomic mass is 9.90. The number of fused-ring (bicyclic) bond motifs is 4. The van der Waals surface area contributed by atoms with Crippen molar-refractivity contribution in [3.05, 3.63) is 65.8 Å². The van der Waals surface area contributed by atoms with Crippen LogP contribution in [0.4, 0.5) is 0 Å². The highest BCUT2D eigenvalue weighted by Gasteiger charge is 2.24. The van der Waals surface area contributed by atoms with Gasteiger partial charge in [-0.2, -0.15) is 0 Å². The Balaban J connectivity index is 1.93. The van der Waals surface area contributed by atoms with Gasteiger partial charge in [-0.3, -0.25) is 0 Å². The summed E-state index contributed by atoms with van der Waals surface area (Å²) in [5.74, 6) is 1.04. The third kappa shape index (κ3) is 1.40. The maximum Gasteiger partial charge on any atom is 0.138 e. The molecule has 0 saturated heterocycles. The largest absolute Gasteiger partial charge is 0.482 e. The van der Waals surface area contributed by atoms with Crippen LogP contribution in [0.1, 0.15) is 12.0 Å². The Kier molecular flexibility index (Phi) is 2.07. The standard InChI is InChI=1S/C17H14O/c1-3-7-14-12(5-1)9-10-17-15(14)11-13-6-2-4-8-16(13)18-17/h1,3-10,16H,2,11H2. The van der Waals surface area contributed by atoms with Crippen molar-refractivity contribution in [2.75, 3.05) is 0 Å². The summed E-state index contributed by atoms with van der Waals surface area (Å²) in [5, 5.41) is 2.62. The minimum atomic E-state index is 0.160. The number of ether oxygens (including phenoxy) is 1. The van der Waals surface area contributed by atoms with Gasteiger partial charge in [0.2, 0.25) is 0 Å². The molecule has 4 rings (SSSR count). The van der Waals surface area contributed by atoms with E-state index in [1.54, 1.807) is 0 Å². The van der Waals surface area contributed by atoms with E-state index in [9.17, 15) is 0 Å². The van der Waals surface area contributed by atoms with Gasteiger partial charge in [0.05, 0.1) is 0 Å². The molecule has 2 aromatic rings. The fourth-order valence-corrected chi connectivity index (χ4v) is 2.90. The monoisotopic (exact) mass is 234 g/mol. The summed E-state index contributed by atoms with van der Waals surface area (Å²) in [6.07, 6.45) is 8.87. The Hall–Kier alpha value is -2.02. The van der Waals surface area contributed by atoms with Crippen LogP contribution in [-0.4, -0.2) is 6.10 Å². The molecule has 1 unspecified atom stereocenters. The predicted molar refractivity (Wildman–Crippen MR) is 73.9 cm³/mol. The summed E-state index contributed by atoms with van der Waals surface area (Å²) >= 11 is 0. The summed E-state index contributed by atoms with van der Waals surface area (Å²) in [5.41, 5.74) is 2.74. The zero-order chi connectivity index (χ0) is 11.9. The van der Waals surface area contributed by atoms with E-state index in [1.165, 1.54) is 21.9 Å². The number of hydrogen-bond donors (Lipinski definition) is 0. The molecule has 88 valence electrons. The lowest BCUT2D eigenvalue weighted by Gasteiger charge is -2.29. The van der Waals surface area contributed by atoms with E-state index < -0.39 is 0 Å². The minimum absolute atomic E-state index is 0.160. The van der Waals surface area contributed by atoms with Crippen molar-refractivity contribution in [3.63, 3.8) is 0 Å². The van der Waals surface area contributed by atoms with Crippen molar-refractivity contribution in [1.29, 1.82) is 0 Å². The Morgan fingerprint density at radius 1 is 1.06 bits per heavy atom. The highest BCUT2D eigenvalue weighted by molar-refractivity contribution is 5.88. The summed E-state index contributed by atoms with van der Waals surface area (Å²) in [4.78, 5) is 0. The third-order valence-electron chi connectivity index (χ3n) is 3.82. The normalized spacial score (nSPS) is 20.9.